The Kier molecular flexibility index (Phi) is 6.39. The summed E-state index contributed by atoms with van der Waals surface area (Å²) in [5, 5.41) is 6.79. The van der Waals surface area contributed by atoms with Crippen molar-refractivity contribution in [1.82, 2.24) is 4.68 Å². The van der Waals surface area contributed by atoms with Crippen molar-refractivity contribution in [2.24, 2.45) is 10.1 Å². The number of halogens is 2. The highest BCUT2D eigenvalue weighted by molar-refractivity contribution is 14.1. The van der Waals surface area contributed by atoms with Crippen LogP contribution in [0.1, 0.15) is 5.56 Å². The van der Waals surface area contributed by atoms with Crippen molar-refractivity contribution >= 4 is 56.1 Å². The molecule has 25 heavy (non-hydrogen) atoms. The van der Waals surface area contributed by atoms with Gasteiger partial charge in [-0.3, -0.25) is 4.99 Å². The third-order valence-electron chi connectivity index (χ3n) is 3.38. The first kappa shape index (κ1) is 18.3. The summed E-state index contributed by atoms with van der Waals surface area (Å²) < 4.78 is 4.08. The predicted molar refractivity (Wildman–Crippen MR) is 118 cm³/mol. The van der Waals surface area contributed by atoms with Crippen LogP contribution in [-0.4, -0.2) is 17.4 Å². The number of benzene rings is 2. The maximum absolute atomic E-state index is 4.71. The third kappa shape index (κ3) is 4.56. The van der Waals surface area contributed by atoms with Crippen LogP contribution in [0.15, 0.2) is 81.1 Å². The fourth-order valence-electron chi connectivity index (χ4n) is 2.21. The van der Waals surface area contributed by atoms with Crippen molar-refractivity contribution < 1.29 is 0 Å². The van der Waals surface area contributed by atoms with Gasteiger partial charge in [0.1, 0.15) is 0 Å². The Bertz CT molecular complexity index is 988. The predicted octanol–water partition coefficient (Wildman–Crippen LogP) is 5.55. The van der Waals surface area contributed by atoms with E-state index in [2.05, 4.69) is 79.7 Å². The Morgan fingerprint density at radius 1 is 1.20 bits per heavy atom. The number of thiazole rings is 1. The van der Waals surface area contributed by atoms with Crippen LogP contribution in [0.2, 0.25) is 0 Å². The quantitative estimate of drug-likeness (QED) is 0.238. The molecule has 0 atom stereocenters. The van der Waals surface area contributed by atoms with E-state index in [9.17, 15) is 0 Å². The number of hydrogen-bond acceptors (Lipinski definition) is 3. The second kappa shape index (κ2) is 8.73. The minimum atomic E-state index is 0.566. The van der Waals surface area contributed by atoms with E-state index in [1.54, 1.807) is 17.4 Å². The summed E-state index contributed by atoms with van der Waals surface area (Å²) in [4.78, 5) is 5.41. The molecule has 3 nitrogen and oxygen atoms in total. The largest absolute Gasteiger partial charge is 0.253 e. The highest BCUT2D eigenvalue weighted by Gasteiger charge is 2.08. The van der Waals surface area contributed by atoms with Crippen LogP contribution in [0.25, 0.3) is 11.3 Å². The van der Waals surface area contributed by atoms with Gasteiger partial charge < -0.3 is 0 Å². The molecule has 1 aromatic heterocycles. The lowest BCUT2D eigenvalue weighted by molar-refractivity contribution is 0.840. The van der Waals surface area contributed by atoms with E-state index in [1.165, 1.54) is 0 Å². The smallest absolute Gasteiger partial charge is 0.206 e. The minimum Gasteiger partial charge on any atom is -0.253 e. The summed E-state index contributed by atoms with van der Waals surface area (Å²) in [5.41, 5.74) is 3.18. The summed E-state index contributed by atoms with van der Waals surface area (Å²) >= 11 is 7.43. The number of nitrogens with zero attached hydrogens (tertiary/aromatic N) is 3. The second-order valence-corrected chi connectivity index (χ2v) is 8.04. The van der Waals surface area contributed by atoms with Crippen LogP contribution in [0.4, 0.5) is 0 Å². The standard InChI is InChI=1S/C19H15BrIN3S/c1-2-10-22-19-24(23-12-15-6-3-4-9-17(15)21)18(13-25-19)14-7-5-8-16(20)11-14/h2-9,11-13H,1,10H2. The van der Waals surface area contributed by atoms with E-state index < -0.39 is 0 Å². The lowest BCUT2D eigenvalue weighted by atomic mass is 10.2. The monoisotopic (exact) mass is 523 g/mol. The summed E-state index contributed by atoms with van der Waals surface area (Å²) in [6.45, 7) is 4.31. The van der Waals surface area contributed by atoms with Crippen LogP contribution in [0.5, 0.6) is 0 Å². The molecule has 6 heteroatoms. The summed E-state index contributed by atoms with van der Waals surface area (Å²) in [6.07, 6.45) is 3.66. The Balaban J connectivity index is 2.10. The van der Waals surface area contributed by atoms with Gasteiger partial charge in [0.2, 0.25) is 4.80 Å². The van der Waals surface area contributed by atoms with Gasteiger partial charge in [0, 0.05) is 24.5 Å². The molecule has 0 radical (unpaired) electrons. The Morgan fingerprint density at radius 2 is 2.04 bits per heavy atom. The van der Waals surface area contributed by atoms with Gasteiger partial charge in [-0.15, -0.1) is 17.9 Å². The number of hydrogen-bond donors (Lipinski definition) is 0. The maximum Gasteiger partial charge on any atom is 0.206 e. The van der Waals surface area contributed by atoms with Crippen molar-refractivity contribution in [3.8, 4) is 11.3 Å². The average molecular weight is 524 g/mol. The lowest BCUT2D eigenvalue weighted by Crippen LogP contribution is -2.12. The van der Waals surface area contributed by atoms with E-state index in [0.29, 0.717) is 6.54 Å². The van der Waals surface area contributed by atoms with Gasteiger partial charge in [0.25, 0.3) is 0 Å². The molecular formula is C19H15BrIN3S. The molecule has 0 amide bonds. The van der Waals surface area contributed by atoms with E-state index in [-0.39, 0.29) is 0 Å². The van der Waals surface area contributed by atoms with Crippen molar-refractivity contribution in [3.63, 3.8) is 0 Å². The zero-order valence-electron chi connectivity index (χ0n) is 13.3. The molecule has 0 aliphatic rings. The third-order valence-corrected chi connectivity index (χ3v) is 5.71. The van der Waals surface area contributed by atoms with Crippen LogP contribution in [-0.2, 0) is 0 Å². The van der Waals surface area contributed by atoms with E-state index in [4.69, 9.17) is 5.10 Å². The number of aromatic nitrogens is 1. The molecule has 0 saturated carbocycles. The molecule has 0 fully saturated rings. The van der Waals surface area contributed by atoms with Gasteiger partial charge >= 0.3 is 0 Å². The molecular weight excluding hydrogens is 509 g/mol. The van der Waals surface area contributed by atoms with Crippen LogP contribution in [0.3, 0.4) is 0 Å². The minimum absolute atomic E-state index is 0.566. The van der Waals surface area contributed by atoms with Gasteiger partial charge in [0.15, 0.2) is 0 Å². The molecule has 0 aliphatic carbocycles. The molecule has 126 valence electrons. The molecule has 2 aromatic carbocycles. The Labute approximate surface area is 172 Å². The molecule has 3 rings (SSSR count). The molecule has 3 aromatic rings. The van der Waals surface area contributed by atoms with Gasteiger partial charge in [-0.1, -0.05) is 52.3 Å². The number of rotatable bonds is 5. The lowest BCUT2D eigenvalue weighted by Gasteiger charge is -2.04. The first-order valence-electron chi connectivity index (χ1n) is 7.56. The van der Waals surface area contributed by atoms with Gasteiger partial charge in [-0.2, -0.15) is 5.10 Å². The van der Waals surface area contributed by atoms with Crippen molar-refractivity contribution in [3.05, 3.63) is 85.0 Å². The zero-order chi connectivity index (χ0) is 17.6. The van der Waals surface area contributed by atoms with Gasteiger partial charge in [0.05, 0.1) is 18.5 Å². The SMILES string of the molecule is C=CCN=c1scc(-c2cccc(Br)c2)n1N=Cc1ccccc1I. The highest BCUT2D eigenvalue weighted by atomic mass is 127. The van der Waals surface area contributed by atoms with Crippen LogP contribution in [0, 0.1) is 3.57 Å². The van der Waals surface area contributed by atoms with Crippen molar-refractivity contribution in [2.45, 2.75) is 0 Å². The van der Waals surface area contributed by atoms with Crippen LogP contribution < -0.4 is 4.80 Å². The fourth-order valence-corrected chi connectivity index (χ4v) is 3.98. The molecule has 0 N–H and O–H groups in total. The fraction of sp³-hybridized carbons (Fsp3) is 0.0526. The first-order chi connectivity index (χ1) is 12.2. The van der Waals surface area contributed by atoms with Gasteiger partial charge in [-0.05, 0) is 40.8 Å². The van der Waals surface area contributed by atoms with Crippen molar-refractivity contribution in [1.29, 1.82) is 0 Å². The summed E-state index contributed by atoms with van der Waals surface area (Å²) in [5.74, 6) is 0. The summed E-state index contributed by atoms with van der Waals surface area (Å²) in [7, 11) is 0. The van der Waals surface area contributed by atoms with Crippen molar-refractivity contribution in [2.75, 3.05) is 6.54 Å². The molecule has 0 unspecified atom stereocenters. The second-order valence-electron chi connectivity index (χ2n) is 5.12. The topological polar surface area (TPSA) is 29.6 Å². The van der Waals surface area contributed by atoms with E-state index in [0.717, 1.165) is 29.7 Å². The average Bonchev–Trinajstić information content (AvgIpc) is 3.02. The summed E-state index contributed by atoms with van der Waals surface area (Å²) in [6, 6.07) is 16.3. The van der Waals surface area contributed by atoms with Gasteiger partial charge in [-0.25, -0.2) is 4.68 Å². The normalized spacial score (nSPS) is 12.0. The Morgan fingerprint density at radius 3 is 2.80 bits per heavy atom. The molecule has 0 spiro atoms. The molecule has 0 bridgehead atoms. The molecule has 0 aliphatic heterocycles. The molecule has 0 saturated heterocycles. The van der Waals surface area contributed by atoms with E-state index >= 15 is 0 Å². The van der Waals surface area contributed by atoms with E-state index in [1.807, 2.05) is 35.2 Å². The highest BCUT2D eigenvalue weighted by Crippen LogP contribution is 2.23. The zero-order valence-corrected chi connectivity index (χ0v) is 17.8. The Hall–Kier alpha value is -1.51. The maximum atomic E-state index is 4.71. The molecule has 1 heterocycles. The first-order valence-corrected chi connectivity index (χ1v) is 10.3. The van der Waals surface area contributed by atoms with Crippen LogP contribution >= 0.6 is 49.9 Å².